The van der Waals surface area contributed by atoms with Gasteiger partial charge >= 0.3 is 0 Å². The lowest BCUT2D eigenvalue weighted by Gasteiger charge is -2.53. The molecule has 0 radical (unpaired) electrons. The number of amides is 1. The van der Waals surface area contributed by atoms with Gasteiger partial charge in [-0.05, 0) is 25.0 Å². The van der Waals surface area contributed by atoms with Gasteiger partial charge in [-0.3, -0.25) is 4.79 Å². The first-order chi connectivity index (χ1) is 7.77. The standard InChI is InChI=1S/C11H13N3O2/c15-10(9-2-1-3-12-14-9)13-8-4-11(5-8)6-16-7-11/h1-3,8H,4-7H2,(H,13,15). The van der Waals surface area contributed by atoms with E-state index < -0.39 is 0 Å². The molecule has 1 aromatic rings. The second-order valence-electron chi connectivity index (χ2n) is 4.68. The normalized spacial score (nSPS) is 22.2. The Morgan fingerprint density at radius 2 is 2.31 bits per heavy atom. The summed E-state index contributed by atoms with van der Waals surface area (Å²) in [7, 11) is 0. The number of carbonyl (C=O) groups is 1. The van der Waals surface area contributed by atoms with Crippen molar-refractivity contribution in [2.45, 2.75) is 18.9 Å². The molecule has 5 heteroatoms. The SMILES string of the molecule is O=C(NC1CC2(COC2)C1)c1cccnn1. The summed E-state index contributed by atoms with van der Waals surface area (Å²) < 4.78 is 5.18. The molecule has 1 aliphatic heterocycles. The zero-order valence-electron chi connectivity index (χ0n) is 8.85. The fourth-order valence-corrected chi connectivity index (χ4v) is 2.40. The Morgan fingerprint density at radius 3 is 2.88 bits per heavy atom. The van der Waals surface area contributed by atoms with Gasteiger partial charge in [0.1, 0.15) is 0 Å². The highest BCUT2D eigenvalue weighted by molar-refractivity contribution is 5.92. The second kappa shape index (κ2) is 3.52. The Labute approximate surface area is 93.2 Å². The Morgan fingerprint density at radius 1 is 1.50 bits per heavy atom. The van der Waals surface area contributed by atoms with E-state index in [4.69, 9.17) is 4.74 Å². The van der Waals surface area contributed by atoms with Gasteiger partial charge in [0.05, 0.1) is 13.2 Å². The average Bonchev–Trinajstić information content (AvgIpc) is 2.21. The summed E-state index contributed by atoms with van der Waals surface area (Å²) in [6.45, 7) is 1.70. The van der Waals surface area contributed by atoms with Crippen LogP contribution in [-0.4, -0.2) is 35.4 Å². The molecular weight excluding hydrogens is 206 g/mol. The molecule has 1 aliphatic carbocycles. The van der Waals surface area contributed by atoms with Gasteiger partial charge in [0.25, 0.3) is 5.91 Å². The number of hydrogen-bond acceptors (Lipinski definition) is 4. The third-order valence-corrected chi connectivity index (χ3v) is 3.32. The lowest BCUT2D eigenvalue weighted by Crippen LogP contribution is -2.59. The summed E-state index contributed by atoms with van der Waals surface area (Å²) in [6, 6.07) is 3.66. The fraction of sp³-hybridized carbons (Fsp3) is 0.545. The largest absolute Gasteiger partial charge is 0.380 e. The van der Waals surface area contributed by atoms with Gasteiger partial charge in [-0.2, -0.15) is 5.10 Å². The first kappa shape index (κ1) is 9.72. The second-order valence-corrected chi connectivity index (χ2v) is 4.68. The van der Waals surface area contributed by atoms with Crippen LogP contribution in [0.15, 0.2) is 18.3 Å². The number of nitrogens with one attached hydrogen (secondary N) is 1. The maximum absolute atomic E-state index is 11.7. The number of rotatable bonds is 2. The molecule has 16 heavy (non-hydrogen) atoms. The highest BCUT2D eigenvalue weighted by Gasteiger charge is 2.50. The first-order valence-corrected chi connectivity index (χ1v) is 5.44. The quantitative estimate of drug-likeness (QED) is 0.781. The van der Waals surface area contributed by atoms with Crippen LogP contribution in [0.4, 0.5) is 0 Å². The number of aromatic nitrogens is 2. The number of carbonyl (C=O) groups excluding carboxylic acids is 1. The smallest absolute Gasteiger partial charge is 0.272 e. The van der Waals surface area contributed by atoms with Crippen LogP contribution >= 0.6 is 0 Å². The molecule has 0 atom stereocenters. The molecule has 0 unspecified atom stereocenters. The van der Waals surface area contributed by atoms with E-state index in [0.29, 0.717) is 11.1 Å². The van der Waals surface area contributed by atoms with E-state index in [1.807, 2.05) is 0 Å². The van der Waals surface area contributed by atoms with Crippen molar-refractivity contribution in [3.05, 3.63) is 24.0 Å². The van der Waals surface area contributed by atoms with Crippen LogP contribution in [-0.2, 0) is 4.74 Å². The Balaban J connectivity index is 1.55. The molecule has 3 rings (SSSR count). The number of hydrogen-bond donors (Lipinski definition) is 1. The Hall–Kier alpha value is -1.49. The zero-order chi connectivity index (χ0) is 11.0. The molecule has 2 heterocycles. The van der Waals surface area contributed by atoms with Gasteiger partial charge in [0.2, 0.25) is 0 Å². The summed E-state index contributed by atoms with van der Waals surface area (Å²) in [6.07, 6.45) is 3.61. The van der Waals surface area contributed by atoms with Crippen LogP contribution in [0.25, 0.3) is 0 Å². The maximum atomic E-state index is 11.7. The maximum Gasteiger partial charge on any atom is 0.272 e. The van der Waals surface area contributed by atoms with Crippen molar-refractivity contribution < 1.29 is 9.53 Å². The lowest BCUT2D eigenvalue weighted by molar-refractivity contribution is -0.165. The van der Waals surface area contributed by atoms with Crippen molar-refractivity contribution in [2.75, 3.05) is 13.2 Å². The summed E-state index contributed by atoms with van der Waals surface area (Å²) in [5, 5.41) is 10.4. The topological polar surface area (TPSA) is 64.1 Å². The van der Waals surface area contributed by atoms with Crippen LogP contribution in [0, 0.1) is 5.41 Å². The molecule has 0 bridgehead atoms. The molecule has 1 saturated carbocycles. The Kier molecular flexibility index (Phi) is 2.14. The van der Waals surface area contributed by atoms with Crippen molar-refractivity contribution in [3.8, 4) is 0 Å². The van der Waals surface area contributed by atoms with Crippen LogP contribution in [0.1, 0.15) is 23.3 Å². The molecule has 1 aromatic heterocycles. The van der Waals surface area contributed by atoms with E-state index in [0.717, 1.165) is 26.1 Å². The highest BCUT2D eigenvalue weighted by atomic mass is 16.5. The van der Waals surface area contributed by atoms with Crippen LogP contribution in [0.3, 0.4) is 0 Å². The molecule has 2 aliphatic rings. The molecule has 1 saturated heterocycles. The minimum Gasteiger partial charge on any atom is -0.380 e. The molecular formula is C11H13N3O2. The molecule has 5 nitrogen and oxygen atoms in total. The molecule has 1 amide bonds. The molecule has 1 spiro atoms. The zero-order valence-corrected chi connectivity index (χ0v) is 8.85. The molecule has 1 N–H and O–H groups in total. The van der Waals surface area contributed by atoms with Gasteiger partial charge in [0, 0.05) is 17.7 Å². The summed E-state index contributed by atoms with van der Waals surface area (Å²) >= 11 is 0. The van der Waals surface area contributed by atoms with E-state index in [9.17, 15) is 4.79 Å². The van der Waals surface area contributed by atoms with E-state index in [-0.39, 0.29) is 11.9 Å². The summed E-state index contributed by atoms with van der Waals surface area (Å²) in [5.41, 5.74) is 0.758. The van der Waals surface area contributed by atoms with Crippen molar-refractivity contribution in [1.82, 2.24) is 15.5 Å². The van der Waals surface area contributed by atoms with E-state index >= 15 is 0 Å². The minimum atomic E-state index is -0.131. The van der Waals surface area contributed by atoms with Gasteiger partial charge in [-0.15, -0.1) is 5.10 Å². The van der Waals surface area contributed by atoms with Gasteiger partial charge < -0.3 is 10.1 Å². The fourth-order valence-electron chi connectivity index (χ4n) is 2.40. The summed E-state index contributed by atoms with van der Waals surface area (Å²) in [4.78, 5) is 11.7. The van der Waals surface area contributed by atoms with E-state index in [1.54, 1.807) is 18.3 Å². The number of ether oxygens (including phenoxy) is 1. The third kappa shape index (κ3) is 1.57. The van der Waals surface area contributed by atoms with Gasteiger partial charge in [0.15, 0.2) is 5.69 Å². The third-order valence-electron chi connectivity index (χ3n) is 3.32. The Bertz CT molecular complexity index is 395. The molecule has 84 valence electrons. The first-order valence-electron chi connectivity index (χ1n) is 5.44. The van der Waals surface area contributed by atoms with Crippen LogP contribution < -0.4 is 5.32 Å². The van der Waals surface area contributed by atoms with Crippen LogP contribution in [0.5, 0.6) is 0 Å². The average molecular weight is 219 g/mol. The van der Waals surface area contributed by atoms with E-state index in [2.05, 4.69) is 15.5 Å². The predicted molar refractivity (Wildman–Crippen MR) is 55.8 cm³/mol. The lowest BCUT2D eigenvalue weighted by atomic mass is 9.64. The van der Waals surface area contributed by atoms with E-state index in [1.165, 1.54) is 0 Å². The molecule has 0 aromatic carbocycles. The van der Waals surface area contributed by atoms with Crippen molar-refractivity contribution >= 4 is 5.91 Å². The predicted octanol–water partition coefficient (Wildman–Crippen LogP) is 0.385. The van der Waals surface area contributed by atoms with Gasteiger partial charge in [-0.1, -0.05) is 0 Å². The van der Waals surface area contributed by atoms with Crippen molar-refractivity contribution in [3.63, 3.8) is 0 Å². The summed E-state index contributed by atoms with van der Waals surface area (Å²) in [5.74, 6) is -0.131. The number of nitrogens with zero attached hydrogens (tertiary/aromatic N) is 2. The molecule has 2 fully saturated rings. The monoisotopic (exact) mass is 219 g/mol. The minimum absolute atomic E-state index is 0.131. The van der Waals surface area contributed by atoms with Crippen molar-refractivity contribution in [2.24, 2.45) is 5.41 Å². The van der Waals surface area contributed by atoms with Crippen molar-refractivity contribution in [1.29, 1.82) is 0 Å². The highest BCUT2D eigenvalue weighted by Crippen LogP contribution is 2.46. The van der Waals surface area contributed by atoms with Crippen LogP contribution in [0.2, 0.25) is 0 Å². The van der Waals surface area contributed by atoms with Gasteiger partial charge in [-0.25, -0.2) is 0 Å².